The molecule has 1 atom stereocenters. The smallest absolute Gasteiger partial charge is 0.111 e. The third-order valence-corrected chi connectivity index (χ3v) is 5.28. The number of nitrogens with one attached hydrogen (secondary N) is 1. The van der Waals surface area contributed by atoms with Crippen molar-refractivity contribution in [2.45, 2.75) is 18.9 Å². The molecule has 0 aliphatic carbocycles. The number of hydrogen-bond acceptors (Lipinski definition) is 4. The van der Waals surface area contributed by atoms with Crippen LogP contribution in [0.1, 0.15) is 23.9 Å². The van der Waals surface area contributed by atoms with Crippen molar-refractivity contribution in [3.63, 3.8) is 0 Å². The van der Waals surface area contributed by atoms with Gasteiger partial charge in [0, 0.05) is 11.8 Å². The molecule has 0 amide bonds. The standard InChI is InChI=1S/C16H14ClN3S.ClH/c17-11-5-2-1-4-10(11)14-15-13(7-9-19-14)21-16(20-15)12-6-3-8-18-12;/h1-2,4-5,7,9,12,18H,3,6,8H2;1H/t12-;/m0./s1. The summed E-state index contributed by atoms with van der Waals surface area (Å²) in [6.07, 6.45) is 4.22. The van der Waals surface area contributed by atoms with Gasteiger partial charge in [0.05, 0.1) is 21.5 Å². The largest absolute Gasteiger partial charge is 0.308 e. The van der Waals surface area contributed by atoms with Gasteiger partial charge in [-0.25, -0.2) is 4.98 Å². The van der Waals surface area contributed by atoms with E-state index in [-0.39, 0.29) is 12.4 Å². The number of thiazole rings is 1. The number of hydrogen-bond donors (Lipinski definition) is 1. The van der Waals surface area contributed by atoms with E-state index in [1.165, 1.54) is 11.1 Å². The average Bonchev–Trinajstić information content (AvgIpc) is 3.16. The summed E-state index contributed by atoms with van der Waals surface area (Å²) in [5.74, 6) is 0. The van der Waals surface area contributed by atoms with Crippen LogP contribution < -0.4 is 5.32 Å². The van der Waals surface area contributed by atoms with E-state index in [0.717, 1.165) is 34.7 Å². The molecule has 3 heterocycles. The van der Waals surface area contributed by atoms with Gasteiger partial charge in [0.15, 0.2) is 0 Å². The fourth-order valence-corrected chi connectivity index (χ4v) is 4.07. The van der Waals surface area contributed by atoms with E-state index in [1.54, 1.807) is 11.3 Å². The Morgan fingerprint density at radius 3 is 2.86 bits per heavy atom. The quantitative estimate of drug-likeness (QED) is 0.716. The Hall–Kier alpha value is -1.20. The van der Waals surface area contributed by atoms with Crippen LogP contribution in [-0.4, -0.2) is 16.5 Å². The molecule has 0 unspecified atom stereocenters. The number of rotatable bonds is 2. The number of halogens is 2. The number of nitrogens with zero attached hydrogens (tertiary/aromatic N) is 2. The van der Waals surface area contributed by atoms with Crippen molar-refractivity contribution in [2.75, 3.05) is 6.54 Å². The van der Waals surface area contributed by atoms with Crippen molar-refractivity contribution in [2.24, 2.45) is 0 Å². The molecule has 1 N–H and O–H groups in total. The lowest BCUT2D eigenvalue weighted by atomic mass is 10.1. The Kier molecular flexibility index (Phi) is 4.64. The second-order valence-corrected chi connectivity index (χ2v) is 6.66. The minimum absolute atomic E-state index is 0. The van der Waals surface area contributed by atoms with E-state index in [1.807, 2.05) is 36.5 Å². The maximum absolute atomic E-state index is 6.32. The number of benzene rings is 1. The molecule has 0 saturated carbocycles. The van der Waals surface area contributed by atoms with Crippen molar-refractivity contribution in [1.82, 2.24) is 15.3 Å². The van der Waals surface area contributed by atoms with Crippen LogP contribution >= 0.6 is 35.3 Å². The van der Waals surface area contributed by atoms with Gasteiger partial charge in [0.25, 0.3) is 0 Å². The summed E-state index contributed by atoms with van der Waals surface area (Å²) in [6.45, 7) is 1.08. The third kappa shape index (κ3) is 2.72. The zero-order valence-electron chi connectivity index (χ0n) is 11.8. The number of aromatic nitrogens is 2. The summed E-state index contributed by atoms with van der Waals surface area (Å²) in [7, 11) is 0. The molecule has 4 rings (SSSR count). The zero-order valence-corrected chi connectivity index (χ0v) is 14.1. The number of fused-ring (bicyclic) bond motifs is 1. The predicted molar refractivity (Wildman–Crippen MR) is 95.1 cm³/mol. The van der Waals surface area contributed by atoms with Crippen LogP contribution in [0.5, 0.6) is 0 Å². The first kappa shape index (κ1) is 15.7. The summed E-state index contributed by atoms with van der Waals surface area (Å²) >= 11 is 8.07. The molecule has 114 valence electrons. The van der Waals surface area contributed by atoms with Gasteiger partial charge in [-0.05, 0) is 31.5 Å². The van der Waals surface area contributed by atoms with Crippen LogP contribution in [0, 0.1) is 0 Å². The topological polar surface area (TPSA) is 37.8 Å². The highest BCUT2D eigenvalue weighted by atomic mass is 35.5. The SMILES string of the molecule is Cl.Clc1ccccc1-c1nccc2sc([C@@H]3CCCN3)nc12. The Bertz CT molecular complexity index is 797. The molecule has 1 fully saturated rings. The fraction of sp³-hybridized carbons (Fsp3) is 0.250. The molecule has 3 nitrogen and oxygen atoms in total. The van der Waals surface area contributed by atoms with E-state index in [2.05, 4.69) is 10.3 Å². The van der Waals surface area contributed by atoms with Crippen molar-refractivity contribution < 1.29 is 0 Å². The molecule has 1 saturated heterocycles. The van der Waals surface area contributed by atoms with Crippen molar-refractivity contribution in [1.29, 1.82) is 0 Å². The first-order valence-electron chi connectivity index (χ1n) is 7.06. The second-order valence-electron chi connectivity index (χ2n) is 5.19. The molecular weight excluding hydrogens is 337 g/mol. The van der Waals surface area contributed by atoms with Crippen LogP contribution in [0.4, 0.5) is 0 Å². The van der Waals surface area contributed by atoms with Crippen LogP contribution in [0.25, 0.3) is 21.5 Å². The van der Waals surface area contributed by atoms with Gasteiger partial charge >= 0.3 is 0 Å². The molecule has 6 heteroatoms. The van der Waals surface area contributed by atoms with Crippen LogP contribution in [0.2, 0.25) is 5.02 Å². The molecule has 1 aromatic carbocycles. The van der Waals surface area contributed by atoms with Crippen molar-refractivity contribution in [3.8, 4) is 11.3 Å². The van der Waals surface area contributed by atoms with Gasteiger partial charge in [-0.1, -0.05) is 29.8 Å². The highest BCUT2D eigenvalue weighted by molar-refractivity contribution is 7.18. The minimum atomic E-state index is 0. The first-order valence-corrected chi connectivity index (χ1v) is 8.26. The monoisotopic (exact) mass is 351 g/mol. The maximum Gasteiger partial charge on any atom is 0.111 e. The van der Waals surface area contributed by atoms with Crippen molar-refractivity contribution in [3.05, 3.63) is 46.6 Å². The summed E-state index contributed by atoms with van der Waals surface area (Å²) < 4.78 is 1.17. The number of pyridine rings is 1. The van der Waals surface area contributed by atoms with E-state index in [4.69, 9.17) is 16.6 Å². The Labute approximate surface area is 144 Å². The van der Waals surface area contributed by atoms with Gasteiger partial charge in [-0.15, -0.1) is 23.7 Å². The lowest BCUT2D eigenvalue weighted by Gasteiger charge is -2.05. The van der Waals surface area contributed by atoms with Gasteiger partial charge in [0.1, 0.15) is 10.5 Å². The summed E-state index contributed by atoms with van der Waals surface area (Å²) in [4.78, 5) is 9.36. The van der Waals surface area contributed by atoms with Crippen molar-refractivity contribution >= 4 is 45.6 Å². The lowest BCUT2D eigenvalue weighted by molar-refractivity contribution is 0.644. The minimum Gasteiger partial charge on any atom is -0.308 e. The molecule has 0 radical (unpaired) electrons. The predicted octanol–water partition coefficient (Wildman–Crippen LogP) is 4.86. The fourth-order valence-electron chi connectivity index (χ4n) is 2.77. The molecule has 1 aliphatic heterocycles. The summed E-state index contributed by atoms with van der Waals surface area (Å²) in [6, 6.07) is 10.2. The van der Waals surface area contributed by atoms with Crippen LogP contribution in [0.3, 0.4) is 0 Å². The van der Waals surface area contributed by atoms with E-state index < -0.39 is 0 Å². The summed E-state index contributed by atoms with van der Waals surface area (Å²) in [5, 5.41) is 5.38. The highest BCUT2D eigenvalue weighted by Gasteiger charge is 2.21. The zero-order chi connectivity index (χ0) is 14.2. The normalized spacial score (nSPS) is 17.6. The molecule has 0 bridgehead atoms. The average molecular weight is 352 g/mol. The van der Waals surface area contributed by atoms with Crippen LogP contribution in [-0.2, 0) is 0 Å². The van der Waals surface area contributed by atoms with Gasteiger partial charge in [-0.3, -0.25) is 4.98 Å². The maximum atomic E-state index is 6.32. The summed E-state index contributed by atoms with van der Waals surface area (Å²) in [5.41, 5.74) is 2.78. The molecule has 2 aromatic heterocycles. The molecule has 1 aliphatic rings. The molecule has 3 aromatic rings. The van der Waals surface area contributed by atoms with Gasteiger partial charge in [-0.2, -0.15) is 0 Å². The third-order valence-electron chi connectivity index (χ3n) is 3.81. The molecular formula is C16H15Cl2N3S. The lowest BCUT2D eigenvalue weighted by Crippen LogP contribution is -2.12. The van der Waals surface area contributed by atoms with E-state index in [9.17, 15) is 0 Å². The second kappa shape index (κ2) is 6.50. The molecule has 22 heavy (non-hydrogen) atoms. The van der Waals surface area contributed by atoms with Gasteiger partial charge in [0.2, 0.25) is 0 Å². The van der Waals surface area contributed by atoms with E-state index >= 15 is 0 Å². The Morgan fingerprint density at radius 2 is 2.09 bits per heavy atom. The van der Waals surface area contributed by atoms with Crippen LogP contribution in [0.15, 0.2) is 36.5 Å². The van der Waals surface area contributed by atoms with Gasteiger partial charge < -0.3 is 5.32 Å². The van der Waals surface area contributed by atoms with E-state index in [0.29, 0.717) is 11.1 Å². The Balaban J connectivity index is 0.00000144. The molecule has 0 spiro atoms. The first-order chi connectivity index (χ1) is 10.3. The Morgan fingerprint density at radius 1 is 1.23 bits per heavy atom. The highest BCUT2D eigenvalue weighted by Crippen LogP contribution is 2.36.